The van der Waals surface area contributed by atoms with Crippen LogP contribution in [0.4, 0.5) is 19.4 Å². The Morgan fingerprint density at radius 2 is 1.67 bits per heavy atom. The smallest absolute Gasteiger partial charge is 0.310 e. The highest BCUT2D eigenvalue weighted by Crippen LogP contribution is 3.02. The third-order valence-corrected chi connectivity index (χ3v) is 5.61. The normalized spacial score (nSPS) is 16.7. The van der Waals surface area contributed by atoms with Gasteiger partial charge in [-0.1, -0.05) is 102 Å². The Labute approximate surface area is 195 Å². The third kappa shape index (κ3) is 16.2. The van der Waals surface area contributed by atoms with Crippen LogP contribution in [-0.2, 0) is 6.42 Å². The molecule has 0 radical (unpaired) electrons. The molecule has 1 heterocycles. The van der Waals surface area contributed by atoms with Crippen LogP contribution < -0.4 is 0 Å². The molecule has 190 valence electrons. The van der Waals surface area contributed by atoms with Crippen LogP contribution in [0.3, 0.4) is 0 Å². The lowest BCUT2D eigenvalue weighted by Gasteiger charge is -2.40. The van der Waals surface area contributed by atoms with Gasteiger partial charge in [-0.25, -0.2) is 0 Å². The van der Waals surface area contributed by atoms with E-state index >= 15 is 0 Å². The minimum Gasteiger partial charge on any atom is -0.512 e. The Morgan fingerprint density at radius 3 is 2.15 bits per heavy atom. The van der Waals surface area contributed by atoms with Gasteiger partial charge < -0.3 is 5.11 Å². The first kappa shape index (κ1) is 30.9. The predicted octanol–water partition coefficient (Wildman–Crippen LogP) is 9.54. The van der Waals surface area contributed by atoms with Gasteiger partial charge in [-0.15, -0.1) is 0 Å². The molecule has 1 fully saturated rings. The fraction of sp³-hybridized carbons (Fsp3) is 0.440. The van der Waals surface area contributed by atoms with Crippen molar-refractivity contribution < 1.29 is 24.5 Å². The number of benzene rings is 1. The van der Waals surface area contributed by atoms with E-state index in [1.54, 1.807) is 13.0 Å². The second kappa shape index (κ2) is 13.6. The van der Waals surface area contributed by atoms with Crippen molar-refractivity contribution in [1.29, 1.82) is 0 Å². The zero-order valence-corrected chi connectivity index (χ0v) is 20.5. The molecule has 1 aliphatic heterocycles. The quantitative estimate of drug-likeness (QED) is 0.220. The molecule has 1 aromatic rings. The van der Waals surface area contributed by atoms with E-state index in [0.29, 0.717) is 37.3 Å². The molecule has 1 aromatic carbocycles. The highest BCUT2D eigenvalue weighted by Gasteiger charge is 2.65. The first-order valence-corrected chi connectivity index (χ1v) is 13.0. The van der Waals surface area contributed by atoms with Gasteiger partial charge in [0.1, 0.15) is 4.90 Å². The maximum absolute atomic E-state index is 12.4. The number of halogens is 5. The van der Waals surface area contributed by atoms with Crippen LogP contribution >= 0.6 is 10.2 Å². The van der Waals surface area contributed by atoms with E-state index in [0.717, 1.165) is 25.6 Å². The topological polar surface area (TPSA) is 23.5 Å². The van der Waals surface area contributed by atoms with E-state index in [9.17, 15) is 19.4 Å². The van der Waals surface area contributed by atoms with Gasteiger partial charge >= 0.3 is 10.2 Å². The molecule has 8 heteroatoms. The molecule has 1 saturated heterocycles. The molecular formula is C25H38F5NOS. The van der Waals surface area contributed by atoms with Crippen molar-refractivity contribution in [3.05, 3.63) is 79.1 Å². The first-order chi connectivity index (χ1) is 15.2. The Hall–Kier alpha value is -2.06. The van der Waals surface area contributed by atoms with Crippen molar-refractivity contribution in [3.63, 3.8) is 0 Å². The first-order valence-electron chi connectivity index (χ1n) is 11.1. The molecular weight excluding hydrogens is 457 g/mol. The van der Waals surface area contributed by atoms with Crippen LogP contribution in [0, 0.1) is 0 Å². The molecule has 0 aromatic heterocycles. The maximum atomic E-state index is 12.4. The van der Waals surface area contributed by atoms with Gasteiger partial charge in [0.2, 0.25) is 0 Å². The van der Waals surface area contributed by atoms with E-state index in [1.807, 2.05) is 18.2 Å². The van der Waals surface area contributed by atoms with Gasteiger partial charge in [-0.3, -0.25) is 4.90 Å². The molecule has 2 nitrogen and oxygen atoms in total. The number of hydrogen-bond acceptors (Lipinski definition) is 2. The number of aliphatic hydroxyl groups is 1. The Kier molecular flexibility index (Phi) is 12.8. The average molecular weight is 496 g/mol. The number of rotatable bonds is 8. The van der Waals surface area contributed by atoms with Gasteiger partial charge in [0.05, 0.1) is 12.3 Å². The number of piperidine rings is 1. The highest BCUT2D eigenvalue weighted by molar-refractivity contribution is 8.45. The van der Waals surface area contributed by atoms with Crippen LogP contribution in [-0.4, -0.2) is 29.6 Å². The number of nitrogens with zero attached hydrogens (tertiary/aromatic N) is 1. The SMILES string of the molecule is C=C(O)CN1CCCCC1.C=C/C=C\C=C/CC.CCCc1cccc(S(F)(F)(F)(F)F)c1. The van der Waals surface area contributed by atoms with Crippen molar-refractivity contribution in [2.24, 2.45) is 0 Å². The molecule has 2 rings (SSSR count). The number of aliphatic hydroxyl groups excluding tert-OH is 1. The minimum atomic E-state index is -9.49. The van der Waals surface area contributed by atoms with E-state index in [2.05, 4.69) is 31.1 Å². The van der Waals surface area contributed by atoms with Gasteiger partial charge in [-0.05, 0) is 56.5 Å². The summed E-state index contributed by atoms with van der Waals surface area (Å²) in [6.45, 7) is 13.8. The standard InChI is InChI=1S/C9H11F5S.C8H15NO.C8H12/c1-2-4-8-5-3-6-9(7-8)15(10,11,12,13)14;1-8(10)7-9-5-3-2-4-6-9;1-3-5-7-8-6-4-2/h3,5-7H,2,4H2,1H3;10H,1-7H2;3,5-8H,1,4H2,2H3/b;;7-5-,8-6-. The molecule has 33 heavy (non-hydrogen) atoms. The fourth-order valence-electron chi connectivity index (χ4n) is 2.96. The van der Waals surface area contributed by atoms with E-state index < -0.39 is 15.1 Å². The molecule has 0 aliphatic carbocycles. The summed E-state index contributed by atoms with van der Waals surface area (Å²) in [5.41, 5.74) is 0.281. The predicted molar refractivity (Wildman–Crippen MR) is 133 cm³/mol. The lowest BCUT2D eigenvalue weighted by atomic mass is 10.1. The molecule has 1 aliphatic rings. The van der Waals surface area contributed by atoms with Crippen molar-refractivity contribution >= 4 is 10.2 Å². The third-order valence-electron chi connectivity index (χ3n) is 4.47. The van der Waals surface area contributed by atoms with E-state index in [-0.39, 0.29) is 5.56 Å². The van der Waals surface area contributed by atoms with Crippen LogP contribution in [0.15, 0.2) is 78.5 Å². The molecule has 0 bridgehead atoms. The maximum Gasteiger partial charge on any atom is 0.310 e. The van der Waals surface area contributed by atoms with Gasteiger partial charge in [0.15, 0.2) is 0 Å². The van der Waals surface area contributed by atoms with Crippen molar-refractivity contribution in [3.8, 4) is 0 Å². The van der Waals surface area contributed by atoms with E-state index in [1.165, 1.54) is 25.3 Å². The summed E-state index contributed by atoms with van der Waals surface area (Å²) in [4.78, 5) is 0.437. The molecule has 0 spiro atoms. The highest BCUT2D eigenvalue weighted by atomic mass is 32.5. The van der Waals surface area contributed by atoms with Crippen molar-refractivity contribution in [1.82, 2.24) is 4.90 Å². The molecule has 1 N–H and O–H groups in total. The summed E-state index contributed by atoms with van der Waals surface area (Å²) < 4.78 is 61.8. The van der Waals surface area contributed by atoms with Crippen LogP contribution in [0.5, 0.6) is 0 Å². The van der Waals surface area contributed by atoms with Gasteiger partial charge in [-0.2, -0.15) is 0 Å². The summed E-state index contributed by atoms with van der Waals surface area (Å²) in [5, 5.41) is 8.87. The number of aryl methyl sites for hydroxylation is 1. The zero-order chi connectivity index (χ0) is 25.4. The molecule has 0 atom stereocenters. The van der Waals surface area contributed by atoms with Gasteiger partial charge in [0, 0.05) is 0 Å². The largest absolute Gasteiger partial charge is 0.512 e. The van der Waals surface area contributed by atoms with Gasteiger partial charge in [0.25, 0.3) is 0 Å². The second-order valence-electron chi connectivity index (χ2n) is 7.73. The van der Waals surface area contributed by atoms with Crippen molar-refractivity contribution in [2.75, 3.05) is 19.6 Å². The minimum absolute atomic E-state index is 0.281. The fourth-order valence-corrected chi connectivity index (χ4v) is 3.67. The number of hydrogen-bond donors (Lipinski definition) is 1. The van der Waals surface area contributed by atoms with Crippen LogP contribution in [0.1, 0.15) is 51.5 Å². The molecule has 0 amide bonds. The summed E-state index contributed by atoms with van der Waals surface area (Å²) in [6, 6.07) is 3.38. The van der Waals surface area contributed by atoms with E-state index in [4.69, 9.17) is 5.11 Å². The van der Waals surface area contributed by atoms with Crippen molar-refractivity contribution in [2.45, 2.75) is 57.3 Å². The molecule has 0 saturated carbocycles. The summed E-state index contributed by atoms with van der Waals surface area (Å²) >= 11 is 0. The van der Waals surface area contributed by atoms with Crippen LogP contribution in [0.2, 0.25) is 0 Å². The Balaban J connectivity index is 0.000000495. The van der Waals surface area contributed by atoms with Crippen LogP contribution in [0.25, 0.3) is 0 Å². The molecule has 0 unspecified atom stereocenters. The summed E-state index contributed by atoms with van der Waals surface area (Å²) in [5.74, 6) is 0.293. The zero-order valence-electron chi connectivity index (χ0n) is 19.7. The summed E-state index contributed by atoms with van der Waals surface area (Å²) in [6.07, 6.45) is 15.7. The average Bonchev–Trinajstić information content (AvgIpc) is 2.71. The lowest BCUT2D eigenvalue weighted by molar-refractivity contribution is 0.215. The second-order valence-corrected chi connectivity index (χ2v) is 10.1. The monoisotopic (exact) mass is 495 g/mol. The summed E-state index contributed by atoms with van der Waals surface area (Å²) in [7, 11) is -9.49. The number of allylic oxidation sites excluding steroid dienone is 5. The number of likely N-dealkylation sites (tertiary alicyclic amines) is 1. The lowest BCUT2D eigenvalue weighted by Crippen LogP contribution is -2.31. The Bertz CT molecular complexity index is 782. The Morgan fingerprint density at radius 1 is 1.03 bits per heavy atom.